The highest BCUT2D eigenvalue weighted by Gasteiger charge is 2.54. The third-order valence-corrected chi connectivity index (χ3v) is 11.0. The summed E-state index contributed by atoms with van der Waals surface area (Å²) in [5, 5.41) is 17.1. The normalized spacial score (nSPS) is 31.9. The number of aromatic nitrogens is 1. The van der Waals surface area contributed by atoms with E-state index in [1.807, 2.05) is 41.1 Å². The van der Waals surface area contributed by atoms with Crippen molar-refractivity contribution in [3.05, 3.63) is 33.0 Å². The van der Waals surface area contributed by atoms with Gasteiger partial charge in [-0.15, -0.1) is 22.7 Å². The number of nitrogens with zero attached hydrogens (tertiary/aromatic N) is 2. The SMILES string of the molecule is C[C@H](C(=O)N1CCSCC1)[C@@H]1CC[C@]2(C)Cc3sc(NC(=O)c4cccs4)nc3[C@@H](C)[C@@H]2[C@H]1O. The lowest BCUT2D eigenvalue weighted by Gasteiger charge is -2.53. The first-order chi connectivity index (χ1) is 16.3. The zero-order valence-electron chi connectivity index (χ0n) is 20.0. The van der Waals surface area contributed by atoms with Gasteiger partial charge in [-0.1, -0.05) is 26.8 Å². The van der Waals surface area contributed by atoms with Crippen molar-refractivity contribution in [2.45, 2.75) is 52.1 Å². The molecule has 0 spiro atoms. The Morgan fingerprint density at radius 3 is 2.79 bits per heavy atom. The van der Waals surface area contributed by atoms with Crippen molar-refractivity contribution in [1.82, 2.24) is 9.88 Å². The molecular weight excluding hydrogens is 486 g/mol. The molecule has 1 saturated heterocycles. The molecule has 0 unspecified atom stereocenters. The van der Waals surface area contributed by atoms with Crippen molar-refractivity contribution in [3.63, 3.8) is 0 Å². The fraction of sp³-hybridized carbons (Fsp3) is 0.640. The van der Waals surface area contributed by atoms with Crippen LogP contribution in [-0.2, 0) is 11.2 Å². The van der Waals surface area contributed by atoms with Crippen molar-refractivity contribution in [1.29, 1.82) is 0 Å². The Kier molecular flexibility index (Phi) is 6.83. The van der Waals surface area contributed by atoms with Gasteiger partial charge in [-0.2, -0.15) is 11.8 Å². The van der Waals surface area contributed by atoms with Crippen molar-refractivity contribution in [2.75, 3.05) is 29.9 Å². The van der Waals surface area contributed by atoms with Gasteiger partial charge in [0.05, 0.1) is 16.7 Å². The molecule has 3 aliphatic rings. The number of anilines is 1. The number of aliphatic hydroxyl groups is 1. The molecule has 34 heavy (non-hydrogen) atoms. The summed E-state index contributed by atoms with van der Waals surface area (Å²) in [6.07, 6.45) is 2.18. The predicted molar refractivity (Wildman–Crippen MR) is 140 cm³/mol. The molecule has 9 heteroatoms. The number of aliphatic hydroxyl groups excluding tert-OH is 1. The number of amides is 2. The van der Waals surface area contributed by atoms with Gasteiger partial charge < -0.3 is 10.0 Å². The third kappa shape index (κ3) is 4.33. The van der Waals surface area contributed by atoms with Crippen molar-refractivity contribution in [3.8, 4) is 0 Å². The van der Waals surface area contributed by atoms with E-state index in [1.165, 1.54) is 16.2 Å². The van der Waals surface area contributed by atoms with Gasteiger partial charge in [0.15, 0.2) is 5.13 Å². The van der Waals surface area contributed by atoms with Crippen molar-refractivity contribution < 1.29 is 14.7 Å². The first-order valence-corrected chi connectivity index (χ1v) is 15.0. The maximum absolute atomic E-state index is 13.2. The van der Waals surface area contributed by atoms with E-state index >= 15 is 0 Å². The average Bonchev–Trinajstić information content (AvgIpc) is 3.49. The van der Waals surface area contributed by atoms with Crippen LogP contribution in [0.5, 0.6) is 0 Å². The minimum atomic E-state index is -0.536. The molecular formula is C25H33N3O3S3. The van der Waals surface area contributed by atoms with Crippen molar-refractivity contribution >= 4 is 51.4 Å². The van der Waals surface area contributed by atoms with Gasteiger partial charge in [-0.3, -0.25) is 14.9 Å². The van der Waals surface area contributed by atoms with Gasteiger partial charge in [-0.05, 0) is 48.0 Å². The fourth-order valence-corrected chi connectivity index (χ4v) is 9.20. The molecule has 0 bridgehead atoms. The summed E-state index contributed by atoms with van der Waals surface area (Å²) in [7, 11) is 0. The van der Waals surface area contributed by atoms with Crippen molar-refractivity contribution in [2.24, 2.45) is 23.2 Å². The maximum atomic E-state index is 13.2. The van der Waals surface area contributed by atoms with E-state index in [0.717, 1.165) is 49.6 Å². The molecule has 6 atom stereocenters. The summed E-state index contributed by atoms with van der Waals surface area (Å²) in [5.74, 6) is 2.00. The molecule has 184 valence electrons. The highest BCUT2D eigenvalue weighted by molar-refractivity contribution is 7.99. The number of thioether (sulfide) groups is 1. The predicted octanol–water partition coefficient (Wildman–Crippen LogP) is 4.72. The molecule has 1 aliphatic heterocycles. The summed E-state index contributed by atoms with van der Waals surface area (Å²) in [6, 6.07) is 3.68. The second-order valence-corrected chi connectivity index (χ2v) is 13.6. The monoisotopic (exact) mass is 519 g/mol. The maximum Gasteiger partial charge on any atom is 0.267 e. The van der Waals surface area contributed by atoms with Gasteiger partial charge in [0.2, 0.25) is 5.91 Å². The highest BCUT2D eigenvalue weighted by atomic mass is 32.2. The first kappa shape index (κ1) is 24.3. The number of nitrogens with one attached hydrogen (secondary N) is 1. The van der Waals surface area contributed by atoms with Crippen LogP contribution in [0.3, 0.4) is 0 Å². The van der Waals surface area contributed by atoms with Crippen LogP contribution in [0.1, 0.15) is 59.8 Å². The van der Waals surface area contributed by atoms with Crippen LogP contribution in [0.2, 0.25) is 0 Å². The van der Waals surface area contributed by atoms with Gasteiger partial charge in [0.25, 0.3) is 5.91 Å². The molecule has 3 heterocycles. The Balaban J connectivity index is 1.34. The van der Waals surface area contributed by atoms with Crippen LogP contribution in [0.4, 0.5) is 5.13 Å². The fourth-order valence-electron chi connectivity index (χ4n) is 6.42. The molecule has 2 aliphatic carbocycles. The molecule has 5 rings (SSSR count). The second kappa shape index (κ2) is 9.56. The lowest BCUT2D eigenvalue weighted by Crippen LogP contribution is -2.54. The molecule has 2 amide bonds. The lowest BCUT2D eigenvalue weighted by atomic mass is 9.53. The average molecular weight is 520 g/mol. The van der Waals surface area contributed by atoms with E-state index in [0.29, 0.717) is 10.0 Å². The summed E-state index contributed by atoms with van der Waals surface area (Å²) in [5.41, 5.74) is 0.967. The first-order valence-electron chi connectivity index (χ1n) is 12.2. The van der Waals surface area contributed by atoms with E-state index in [1.54, 1.807) is 11.3 Å². The number of carbonyl (C=O) groups excluding carboxylic acids is 2. The number of fused-ring (bicyclic) bond motifs is 2. The molecule has 2 fully saturated rings. The highest BCUT2D eigenvalue weighted by Crippen LogP contribution is 2.57. The number of hydrogen-bond donors (Lipinski definition) is 2. The minimum Gasteiger partial charge on any atom is -0.392 e. The molecule has 1 saturated carbocycles. The van der Waals surface area contributed by atoms with Crippen LogP contribution < -0.4 is 5.32 Å². The summed E-state index contributed by atoms with van der Waals surface area (Å²) in [6.45, 7) is 8.09. The smallest absolute Gasteiger partial charge is 0.267 e. The van der Waals surface area contributed by atoms with Crippen LogP contribution in [0.15, 0.2) is 17.5 Å². The minimum absolute atomic E-state index is 0.0270. The molecule has 0 aromatic carbocycles. The van der Waals surface area contributed by atoms with Crippen LogP contribution in [-0.4, -0.2) is 57.5 Å². The van der Waals surface area contributed by atoms with Crippen LogP contribution >= 0.6 is 34.4 Å². The van der Waals surface area contributed by atoms with Crippen LogP contribution in [0, 0.1) is 23.2 Å². The lowest BCUT2D eigenvalue weighted by molar-refractivity contribution is -0.144. The van der Waals surface area contributed by atoms with Gasteiger partial charge in [-0.25, -0.2) is 4.98 Å². The second-order valence-electron chi connectivity index (χ2n) is 10.3. The Bertz CT molecular complexity index is 1050. The third-order valence-electron chi connectivity index (χ3n) is 8.24. The standard InChI is InChI=1S/C25H33N3O3S3/c1-14(23(31)28-8-11-32-12-9-28)16-6-7-25(3)13-18-20(15(2)19(25)21(16)29)26-24(34-18)27-22(30)17-5-4-10-33-17/h4-5,10,14-16,19,21,29H,6-9,11-13H2,1-3H3,(H,26,27,30)/t14-,15-,16-,19+,21-,25+/m0/s1. The molecule has 2 N–H and O–H groups in total. The zero-order chi connectivity index (χ0) is 24.0. The number of thiophene rings is 1. The Hall–Kier alpha value is -1.42. The topological polar surface area (TPSA) is 82.5 Å². The quantitative estimate of drug-likeness (QED) is 0.611. The molecule has 0 radical (unpaired) electrons. The summed E-state index contributed by atoms with van der Waals surface area (Å²) < 4.78 is 0. The number of thiazole rings is 1. The zero-order valence-corrected chi connectivity index (χ0v) is 22.4. The number of rotatable bonds is 4. The summed E-state index contributed by atoms with van der Waals surface area (Å²) in [4.78, 5) is 34.5. The molecule has 2 aromatic heterocycles. The van der Waals surface area contributed by atoms with Gasteiger partial charge in [0, 0.05) is 41.3 Å². The Labute approximate surface area is 213 Å². The van der Waals surface area contributed by atoms with Gasteiger partial charge in [0.1, 0.15) is 0 Å². The Morgan fingerprint density at radius 2 is 2.09 bits per heavy atom. The van der Waals surface area contributed by atoms with Crippen LogP contribution in [0.25, 0.3) is 0 Å². The number of hydrogen-bond acceptors (Lipinski definition) is 7. The van der Waals surface area contributed by atoms with E-state index < -0.39 is 6.10 Å². The van der Waals surface area contributed by atoms with E-state index in [-0.39, 0.29) is 40.9 Å². The van der Waals surface area contributed by atoms with Gasteiger partial charge >= 0.3 is 0 Å². The number of carbonyl (C=O) groups is 2. The molecule has 2 aromatic rings. The van der Waals surface area contributed by atoms with E-state index in [4.69, 9.17) is 4.98 Å². The summed E-state index contributed by atoms with van der Waals surface area (Å²) >= 11 is 4.89. The van der Waals surface area contributed by atoms with E-state index in [2.05, 4.69) is 19.2 Å². The largest absolute Gasteiger partial charge is 0.392 e. The molecule has 6 nitrogen and oxygen atoms in total. The van der Waals surface area contributed by atoms with E-state index in [9.17, 15) is 14.7 Å². The Morgan fingerprint density at radius 1 is 1.32 bits per heavy atom.